The highest BCUT2D eigenvalue weighted by Gasteiger charge is 2.13. The van der Waals surface area contributed by atoms with E-state index >= 15 is 0 Å². The number of anilines is 1. The van der Waals surface area contributed by atoms with Crippen LogP contribution in [0, 0.1) is 5.92 Å². The number of nitrogens with zero attached hydrogens (tertiary/aromatic N) is 1. The normalized spacial score (nSPS) is 12.2. The molecule has 2 rings (SSSR count). The van der Waals surface area contributed by atoms with Gasteiger partial charge in [0.15, 0.2) is 11.7 Å². The Balaban J connectivity index is 0.00000450. The fourth-order valence-electron chi connectivity index (χ4n) is 2.87. The van der Waals surface area contributed by atoms with Crippen LogP contribution in [0.1, 0.15) is 43.3 Å². The molecule has 0 saturated heterocycles. The van der Waals surface area contributed by atoms with E-state index in [9.17, 15) is 4.79 Å². The average molecular weight is 528 g/mol. The van der Waals surface area contributed by atoms with Crippen molar-refractivity contribution in [2.45, 2.75) is 39.8 Å². The van der Waals surface area contributed by atoms with Crippen LogP contribution in [0.2, 0.25) is 0 Å². The number of carbonyl (C=O) groups is 1. The summed E-state index contributed by atoms with van der Waals surface area (Å²) in [5.74, 6) is 1.25. The number of aliphatic imine (C=N–C) groups is 1. The number of guanidine groups is 1. The third-order valence-corrected chi connectivity index (χ3v) is 4.49. The molecule has 2 aromatic rings. The lowest BCUT2D eigenvalue weighted by Gasteiger charge is -2.21. The van der Waals surface area contributed by atoms with Gasteiger partial charge in [-0.05, 0) is 49.1 Å². The Morgan fingerprint density at radius 1 is 1.17 bits per heavy atom. The smallest absolute Gasteiger partial charge is 0.291 e. The lowest BCUT2D eigenvalue weighted by atomic mass is 10.0. The second-order valence-corrected chi connectivity index (χ2v) is 7.01. The molecule has 1 atom stereocenters. The van der Waals surface area contributed by atoms with Gasteiger partial charge in [-0.3, -0.25) is 9.79 Å². The molecule has 0 saturated carbocycles. The van der Waals surface area contributed by atoms with Gasteiger partial charge in [-0.25, -0.2) is 0 Å². The quantitative estimate of drug-likeness (QED) is 0.244. The monoisotopic (exact) mass is 528 g/mol. The molecule has 0 aliphatic carbocycles. The molecule has 7 nitrogen and oxygen atoms in total. The summed E-state index contributed by atoms with van der Waals surface area (Å²) in [6.07, 6.45) is 2.65. The molecule has 0 aliphatic heterocycles. The molecule has 3 N–H and O–H groups in total. The van der Waals surface area contributed by atoms with Gasteiger partial charge in [0.1, 0.15) is 0 Å². The highest BCUT2D eigenvalue weighted by Crippen LogP contribution is 2.12. The lowest BCUT2D eigenvalue weighted by Crippen LogP contribution is -2.38. The van der Waals surface area contributed by atoms with Crippen molar-refractivity contribution in [3.63, 3.8) is 0 Å². The van der Waals surface area contributed by atoms with Crippen molar-refractivity contribution in [1.82, 2.24) is 10.6 Å². The van der Waals surface area contributed by atoms with Crippen LogP contribution in [0.5, 0.6) is 0 Å². The zero-order valence-corrected chi connectivity index (χ0v) is 20.4. The largest absolute Gasteiger partial charge is 0.459 e. The Hall–Kier alpha value is -2.07. The van der Waals surface area contributed by atoms with Gasteiger partial charge >= 0.3 is 0 Å². The van der Waals surface area contributed by atoms with Crippen LogP contribution in [0.4, 0.5) is 5.69 Å². The fourth-order valence-corrected chi connectivity index (χ4v) is 2.87. The second kappa shape index (κ2) is 14.0. The summed E-state index contributed by atoms with van der Waals surface area (Å²) in [6, 6.07) is 11.0. The van der Waals surface area contributed by atoms with E-state index in [1.807, 2.05) is 31.2 Å². The van der Waals surface area contributed by atoms with Crippen molar-refractivity contribution < 1.29 is 13.9 Å². The Kier molecular flexibility index (Phi) is 12.1. The molecule has 1 aromatic heterocycles. The lowest BCUT2D eigenvalue weighted by molar-refractivity contribution is 0.0258. The van der Waals surface area contributed by atoms with Crippen LogP contribution in [0.3, 0.4) is 0 Å². The van der Waals surface area contributed by atoms with Crippen LogP contribution in [-0.4, -0.2) is 38.2 Å². The zero-order valence-electron chi connectivity index (χ0n) is 18.1. The number of rotatable bonds is 10. The van der Waals surface area contributed by atoms with E-state index in [-0.39, 0.29) is 41.7 Å². The van der Waals surface area contributed by atoms with Gasteiger partial charge in [0.2, 0.25) is 0 Å². The Bertz CT molecular complexity index is 761. The van der Waals surface area contributed by atoms with E-state index in [4.69, 9.17) is 9.15 Å². The molecule has 0 bridgehead atoms. The van der Waals surface area contributed by atoms with Crippen LogP contribution in [0.25, 0.3) is 0 Å². The van der Waals surface area contributed by atoms with Crippen molar-refractivity contribution in [2.24, 2.45) is 10.9 Å². The van der Waals surface area contributed by atoms with Crippen molar-refractivity contribution in [3.8, 4) is 0 Å². The van der Waals surface area contributed by atoms with Gasteiger partial charge < -0.3 is 25.1 Å². The highest BCUT2D eigenvalue weighted by atomic mass is 127. The van der Waals surface area contributed by atoms with Gasteiger partial charge in [-0.15, -0.1) is 24.0 Å². The first-order chi connectivity index (χ1) is 14.0. The second-order valence-electron chi connectivity index (χ2n) is 7.01. The molecule has 0 aliphatic rings. The van der Waals surface area contributed by atoms with Crippen molar-refractivity contribution in [3.05, 3.63) is 54.0 Å². The Morgan fingerprint density at radius 2 is 1.90 bits per heavy atom. The van der Waals surface area contributed by atoms with E-state index in [1.54, 1.807) is 19.2 Å². The van der Waals surface area contributed by atoms with E-state index in [0.29, 0.717) is 18.2 Å². The van der Waals surface area contributed by atoms with Gasteiger partial charge in [0.25, 0.3) is 5.91 Å². The SMILES string of the molecule is CCOC(CCNC(=NC)NCc1ccc(NC(=O)c2ccco2)cc1)C(C)C.I. The predicted molar refractivity (Wildman–Crippen MR) is 132 cm³/mol. The molecule has 0 fully saturated rings. The number of halogens is 1. The molecule has 1 amide bonds. The Labute approximate surface area is 196 Å². The van der Waals surface area contributed by atoms with Crippen molar-refractivity contribution in [2.75, 3.05) is 25.5 Å². The zero-order chi connectivity index (χ0) is 21.1. The van der Waals surface area contributed by atoms with E-state index in [2.05, 4.69) is 34.8 Å². The van der Waals surface area contributed by atoms with Crippen LogP contribution >= 0.6 is 24.0 Å². The predicted octanol–water partition coefficient (Wildman–Crippen LogP) is 4.27. The van der Waals surface area contributed by atoms with Gasteiger partial charge in [-0.2, -0.15) is 0 Å². The average Bonchev–Trinajstić information content (AvgIpc) is 3.25. The van der Waals surface area contributed by atoms with Crippen LogP contribution < -0.4 is 16.0 Å². The maximum absolute atomic E-state index is 12.0. The molecule has 0 radical (unpaired) electrons. The molecule has 0 spiro atoms. The number of ether oxygens (including phenoxy) is 1. The van der Waals surface area contributed by atoms with E-state index in [0.717, 1.165) is 31.1 Å². The molecule has 1 aromatic carbocycles. The van der Waals surface area contributed by atoms with Crippen LogP contribution in [-0.2, 0) is 11.3 Å². The minimum Gasteiger partial charge on any atom is -0.459 e. The number of hydrogen-bond donors (Lipinski definition) is 3. The maximum atomic E-state index is 12.0. The molecule has 1 unspecified atom stereocenters. The molecular formula is C22H33IN4O3. The van der Waals surface area contributed by atoms with Crippen molar-refractivity contribution >= 4 is 41.5 Å². The molecular weight excluding hydrogens is 495 g/mol. The summed E-state index contributed by atoms with van der Waals surface area (Å²) in [7, 11) is 1.76. The highest BCUT2D eigenvalue weighted by molar-refractivity contribution is 14.0. The number of nitrogens with one attached hydrogen (secondary N) is 3. The molecule has 166 valence electrons. The fraction of sp³-hybridized carbons (Fsp3) is 0.455. The summed E-state index contributed by atoms with van der Waals surface area (Å²) in [4.78, 5) is 16.3. The third-order valence-electron chi connectivity index (χ3n) is 4.49. The van der Waals surface area contributed by atoms with Crippen LogP contribution in [0.15, 0.2) is 52.1 Å². The number of carbonyl (C=O) groups excluding carboxylic acids is 1. The van der Waals surface area contributed by atoms with E-state index < -0.39 is 0 Å². The summed E-state index contributed by atoms with van der Waals surface area (Å²) in [5.41, 5.74) is 1.80. The first-order valence-corrected chi connectivity index (χ1v) is 10.0. The Morgan fingerprint density at radius 3 is 2.47 bits per heavy atom. The molecule has 1 heterocycles. The first-order valence-electron chi connectivity index (χ1n) is 10.0. The minimum absolute atomic E-state index is 0. The molecule has 8 heteroatoms. The third kappa shape index (κ3) is 8.74. The minimum atomic E-state index is -0.266. The number of benzene rings is 1. The first kappa shape index (κ1) is 26.0. The number of furan rings is 1. The summed E-state index contributed by atoms with van der Waals surface area (Å²) in [6.45, 7) is 8.53. The van der Waals surface area contributed by atoms with Gasteiger partial charge in [-0.1, -0.05) is 26.0 Å². The summed E-state index contributed by atoms with van der Waals surface area (Å²) in [5, 5.41) is 9.43. The number of amides is 1. The summed E-state index contributed by atoms with van der Waals surface area (Å²) < 4.78 is 10.9. The standard InChI is InChI=1S/C22H32N4O3.HI/c1-5-28-19(16(2)3)12-13-24-22(23-4)25-15-17-8-10-18(11-9-17)26-21(27)20-7-6-14-29-20;/h6-11,14,16,19H,5,12-13,15H2,1-4H3,(H,26,27)(H2,23,24,25);1H. The number of hydrogen-bond acceptors (Lipinski definition) is 4. The summed E-state index contributed by atoms with van der Waals surface area (Å²) >= 11 is 0. The van der Waals surface area contributed by atoms with E-state index in [1.165, 1.54) is 6.26 Å². The van der Waals surface area contributed by atoms with Gasteiger partial charge in [0, 0.05) is 32.4 Å². The maximum Gasteiger partial charge on any atom is 0.291 e. The molecule has 30 heavy (non-hydrogen) atoms. The topological polar surface area (TPSA) is 87.9 Å². The van der Waals surface area contributed by atoms with Crippen molar-refractivity contribution in [1.29, 1.82) is 0 Å². The van der Waals surface area contributed by atoms with Gasteiger partial charge in [0.05, 0.1) is 12.4 Å².